The highest BCUT2D eigenvalue weighted by Crippen LogP contribution is 2.19. The Hall–Kier alpha value is -2.34. The summed E-state index contributed by atoms with van der Waals surface area (Å²) in [5.74, 6) is -1.44. The summed E-state index contributed by atoms with van der Waals surface area (Å²) in [6.07, 6.45) is 0.923. The van der Waals surface area contributed by atoms with Crippen molar-refractivity contribution in [2.45, 2.75) is 12.5 Å². The zero-order valence-electron chi connectivity index (χ0n) is 11.1. The molecule has 0 fully saturated rings. The molecular formula is C14H16N2O4. The number of para-hydroxylation sites is 1. The number of aromatic amines is 1. The monoisotopic (exact) mass is 276 g/mol. The van der Waals surface area contributed by atoms with E-state index in [4.69, 9.17) is 9.84 Å². The van der Waals surface area contributed by atoms with E-state index in [1.54, 1.807) is 6.20 Å². The van der Waals surface area contributed by atoms with Gasteiger partial charge in [-0.15, -0.1) is 0 Å². The Kier molecular flexibility index (Phi) is 4.37. The number of nitrogens with one attached hydrogen (secondary N) is 2. The molecule has 0 saturated heterocycles. The van der Waals surface area contributed by atoms with Crippen LogP contribution < -0.4 is 5.32 Å². The van der Waals surface area contributed by atoms with Crippen molar-refractivity contribution in [1.82, 2.24) is 10.3 Å². The molecule has 0 unspecified atom stereocenters. The van der Waals surface area contributed by atoms with E-state index in [9.17, 15) is 9.59 Å². The Morgan fingerprint density at radius 2 is 2.15 bits per heavy atom. The number of benzene rings is 1. The quantitative estimate of drug-likeness (QED) is 0.732. The summed E-state index contributed by atoms with van der Waals surface area (Å²) in [7, 11) is 1.47. The number of carboxylic acids is 1. The lowest BCUT2D eigenvalue weighted by Gasteiger charge is -2.12. The molecule has 1 amide bonds. The Balaban J connectivity index is 2.11. The molecule has 0 aliphatic heterocycles. The maximum absolute atomic E-state index is 11.2. The molecular weight excluding hydrogens is 260 g/mol. The number of amides is 1. The van der Waals surface area contributed by atoms with Gasteiger partial charge in [0.1, 0.15) is 6.61 Å². The fourth-order valence-corrected chi connectivity index (χ4v) is 1.97. The van der Waals surface area contributed by atoms with Crippen molar-refractivity contribution in [3.63, 3.8) is 0 Å². The zero-order valence-corrected chi connectivity index (χ0v) is 11.1. The highest BCUT2D eigenvalue weighted by Gasteiger charge is 2.21. The lowest BCUT2D eigenvalue weighted by atomic mass is 10.1. The Morgan fingerprint density at radius 3 is 2.85 bits per heavy atom. The van der Waals surface area contributed by atoms with Gasteiger partial charge in [0, 0.05) is 30.6 Å². The van der Waals surface area contributed by atoms with Gasteiger partial charge >= 0.3 is 5.97 Å². The first-order chi connectivity index (χ1) is 9.61. The molecule has 6 heteroatoms. The van der Waals surface area contributed by atoms with Crippen LogP contribution in [0.4, 0.5) is 0 Å². The van der Waals surface area contributed by atoms with Gasteiger partial charge in [-0.1, -0.05) is 18.2 Å². The first-order valence-electron chi connectivity index (χ1n) is 6.21. The highest BCUT2D eigenvalue weighted by molar-refractivity contribution is 5.84. The minimum Gasteiger partial charge on any atom is -0.479 e. The van der Waals surface area contributed by atoms with Crippen LogP contribution in [0.2, 0.25) is 0 Å². The zero-order chi connectivity index (χ0) is 14.5. The first-order valence-corrected chi connectivity index (χ1v) is 6.21. The minimum absolute atomic E-state index is 0.205. The fraction of sp³-hybridized carbons (Fsp3) is 0.286. The highest BCUT2D eigenvalue weighted by atomic mass is 16.5. The van der Waals surface area contributed by atoms with Crippen LogP contribution in [-0.2, 0) is 20.7 Å². The van der Waals surface area contributed by atoms with Gasteiger partial charge in [-0.25, -0.2) is 4.79 Å². The SMILES string of the molecule is CNC(=O)CO[C@@H](Cc1c[nH]c2ccccc12)C(=O)O. The molecule has 2 aromatic rings. The van der Waals surface area contributed by atoms with Crippen LogP contribution in [-0.4, -0.2) is 41.7 Å². The van der Waals surface area contributed by atoms with E-state index in [0.29, 0.717) is 0 Å². The molecule has 0 spiro atoms. The van der Waals surface area contributed by atoms with Crippen LogP contribution >= 0.6 is 0 Å². The van der Waals surface area contributed by atoms with Crippen LogP contribution in [0.25, 0.3) is 10.9 Å². The Morgan fingerprint density at radius 1 is 1.40 bits per heavy atom. The van der Waals surface area contributed by atoms with Crippen LogP contribution in [0.1, 0.15) is 5.56 Å². The van der Waals surface area contributed by atoms with E-state index in [-0.39, 0.29) is 18.9 Å². The molecule has 1 heterocycles. The third-order valence-corrected chi connectivity index (χ3v) is 3.05. The van der Waals surface area contributed by atoms with Crippen molar-refractivity contribution in [2.24, 2.45) is 0 Å². The predicted molar refractivity (Wildman–Crippen MR) is 73.4 cm³/mol. The van der Waals surface area contributed by atoms with Gasteiger partial charge in [0.05, 0.1) is 0 Å². The fourth-order valence-electron chi connectivity index (χ4n) is 1.97. The second kappa shape index (κ2) is 6.21. The predicted octanol–water partition coefficient (Wildman–Crippen LogP) is 0.926. The van der Waals surface area contributed by atoms with Crippen molar-refractivity contribution in [2.75, 3.05) is 13.7 Å². The smallest absolute Gasteiger partial charge is 0.333 e. The molecule has 2 rings (SSSR count). The topological polar surface area (TPSA) is 91.4 Å². The van der Waals surface area contributed by atoms with Gasteiger partial charge < -0.3 is 20.1 Å². The standard InChI is InChI=1S/C14H16N2O4/c1-15-13(17)8-20-12(14(18)19)6-9-7-16-11-5-3-2-4-10(9)11/h2-5,7,12,16H,6,8H2,1H3,(H,15,17)(H,18,19)/t12-/m0/s1. The van der Waals surface area contributed by atoms with Crippen molar-refractivity contribution in [3.05, 3.63) is 36.0 Å². The summed E-state index contributed by atoms with van der Waals surface area (Å²) in [5, 5.41) is 12.5. The molecule has 0 aliphatic rings. The van der Waals surface area contributed by atoms with E-state index >= 15 is 0 Å². The molecule has 20 heavy (non-hydrogen) atoms. The summed E-state index contributed by atoms with van der Waals surface area (Å²) in [6, 6.07) is 7.62. The normalized spacial score (nSPS) is 12.2. The van der Waals surface area contributed by atoms with Crippen LogP contribution in [0.15, 0.2) is 30.5 Å². The van der Waals surface area contributed by atoms with Gasteiger partial charge in [0.15, 0.2) is 6.10 Å². The van der Waals surface area contributed by atoms with Crippen molar-refractivity contribution in [1.29, 1.82) is 0 Å². The number of fused-ring (bicyclic) bond motifs is 1. The molecule has 0 aliphatic carbocycles. The Labute approximate surface area is 115 Å². The summed E-state index contributed by atoms with van der Waals surface area (Å²) < 4.78 is 5.15. The summed E-state index contributed by atoms with van der Waals surface area (Å²) >= 11 is 0. The van der Waals surface area contributed by atoms with E-state index in [0.717, 1.165) is 16.5 Å². The van der Waals surface area contributed by atoms with Gasteiger partial charge in [0.2, 0.25) is 5.91 Å². The van der Waals surface area contributed by atoms with E-state index < -0.39 is 12.1 Å². The van der Waals surface area contributed by atoms with Crippen molar-refractivity contribution in [3.8, 4) is 0 Å². The average Bonchev–Trinajstić information content (AvgIpc) is 2.86. The van der Waals surface area contributed by atoms with Gasteiger partial charge in [-0.05, 0) is 11.6 Å². The van der Waals surface area contributed by atoms with E-state index in [2.05, 4.69) is 10.3 Å². The number of rotatable bonds is 6. The number of hydrogen-bond donors (Lipinski definition) is 3. The molecule has 6 nitrogen and oxygen atoms in total. The summed E-state index contributed by atoms with van der Waals surface area (Å²) in [6.45, 7) is -0.268. The second-order valence-corrected chi connectivity index (χ2v) is 4.37. The van der Waals surface area contributed by atoms with E-state index in [1.165, 1.54) is 7.05 Å². The molecule has 1 aromatic carbocycles. The van der Waals surface area contributed by atoms with Gasteiger partial charge in [-0.2, -0.15) is 0 Å². The second-order valence-electron chi connectivity index (χ2n) is 4.37. The van der Waals surface area contributed by atoms with Gasteiger partial charge in [0.25, 0.3) is 0 Å². The van der Waals surface area contributed by atoms with Crippen LogP contribution in [0, 0.1) is 0 Å². The lowest BCUT2D eigenvalue weighted by Crippen LogP contribution is -2.32. The number of H-pyrrole nitrogens is 1. The molecule has 3 N–H and O–H groups in total. The van der Waals surface area contributed by atoms with Crippen molar-refractivity contribution >= 4 is 22.8 Å². The number of carbonyl (C=O) groups excluding carboxylic acids is 1. The van der Waals surface area contributed by atoms with Crippen molar-refractivity contribution < 1.29 is 19.4 Å². The first kappa shape index (κ1) is 14.1. The Bertz CT molecular complexity index is 620. The average molecular weight is 276 g/mol. The number of hydrogen-bond acceptors (Lipinski definition) is 3. The lowest BCUT2D eigenvalue weighted by molar-refractivity contribution is -0.152. The number of aromatic nitrogens is 1. The number of carbonyl (C=O) groups is 2. The maximum atomic E-state index is 11.2. The third-order valence-electron chi connectivity index (χ3n) is 3.05. The summed E-state index contributed by atoms with van der Waals surface area (Å²) in [4.78, 5) is 25.4. The maximum Gasteiger partial charge on any atom is 0.333 e. The summed E-state index contributed by atoms with van der Waals surface area (Å²) in [5.41, 5.74) is 1.79. The molecule has 1 aromatic heterocycles. The largest absolute Gasteiger partial charge is 0.479 e. The molecule has 1 atom stereocenters. The number of likely N-dealkylation sites (N-methyl/N-ethyl adjacent to an activating group) is 1. The molecule has 0 bridgehead atoms. The van der Waals surface area contributed by atoms with E-state index in [1.807, 2.05) is 24.3 Å². The number of carboxylic acid groups (broad SMARTS) is 1. The van der Waals surface area contributed by atoms with Crippen LogP contribution in [0.5, 0.6) is 0 Å². The van der Waals surface area contributed by atoms with Crippen LogP contribution in [0.3, 0.4) is 0 Å². The third kappa shape index (κ3) is 3.16. The number of aliphatic carboxylic acids is 1. The number of ether oxygens (including phenoxy) is 1. The molecule has 106 valence electrons. The molecule has 0 radical (unpaired) electrons. The minimum atomic E-state index is -1.08. The molecule has 0 saturated carbocycles. The van der Waals surface area contributed by atoms with Gasteiger partial charge in [-0.3, -0.25) is 4.79 Å².